The topological polar surface area (TPSA) is 45.8 Å². The third-order valence-electron chi connectivity index (χ3n) is 3.09. The number of nitrogens with one attached hydrogen (secondary N) is 1. The Hall–Kier alpha value is -1.72. The van der Waals surface area contributed by atoms with Crippen LogP contribution in [0.1, 0.15) is 11.4 Å². The number of H-pyrrole nitrogens is 1. The van der Waals surface area contributed by atoms with E-state index in [0.29, 0.717) is 31.5 Å². The molecule has 0 aliphatic carbocycles. The Morgan fingerprint density at radius 3 is 2.80 bits per heavy atom. The first-order valence-corrected chi connectivity index (χ1v) is 7.12. The standard InChI is InChI=1S/C14H10ClFN2OS/c1-6-11-13(19)17-7(2)18-14(11)20-12(6)9-4-3-8(15)5-10(9)16/h3-5H,1-2H3,(H,17,18,19). The molecule has 6 heteroatoms. The molecule has 0 fully saturated rings. The van der Waals surface area contributed by atoms with E-state index in [1.54, 1.807) is 26.0 Å². The second-order valence-corrected chi connectivity index (χ2v) is 5.95. The van der Waals surface area contributed by atoms with E-state index in [9.17, 15) is 9.18 Å². The molecular formula is C14H10ClFN2OS. The number of hydrogen-bond donors (Lipinski definition) is 1. The van der Waals surface area contributed by atoms with Gasteiger partial charge in [0.05, 0.1) is 5.39 Å². The molecule has 3 aromatic rings. The molecule has 0 unspecified atom stereocenters. The number of nitrogens with zero attached hydrogens (tertiary/aromatic N) is 1. The molecule has 0 amide bonds. The van der Waals surface area contributed by atoms with Gasteiger partial charge in [-0.15, -0.1) is 11.3 Å². The molecule has 0 aliphatic heterocycles. The largest absolute Gasteiger partial charge is 0.310 e. The van der Waals surface area contributed by atoms with Gasteiger partial charge in [-0.2, -0.15) is 0 Å². The fraction of sp³-hybridized carbons (Fsp3) is 0.143. The van der Waals surface area contributed by atoms with Crippen LogP contribution in [0.25, 0.3) is 20.7 Å². The van der Waals surface area contributed by atoms with E-state index in [2.05, 4.69) is 9.97 Å². The number of aryl methyl sites for hydroxylation is 2. The average molecular weight is 309 g/mol. The SMILES string of the molecule is Cc1nc2sc(-c3ccc(Cl)cc3F)c(C)c2c(=O)[nH]1. The summed E-state index contributed by atoms with van der Waals surface area (Å²) in [6.07, 6.45) is 0. The monoisotopic (exact) mass is 308 g/mol. The maximum atomic E-state index is 14.0. The zero-order chi connectivity index (χ0) is 14.4. The predicted octanol–water partition coefficient (Wildman–Crippen LogP) is 4.06. The Morgan fingerprint density at radius 2 is 2.10 bits per heavy atom. The van der Waals surface area contributed by atoms with Crippen LogP contribution in [0.15, 0.2) is 23.0 Å². The number of aromatic nitrogens is 2. The lowest BCUT2D eigenvalue weighted by Gasteiger charge is -2.02. The van der Waals surface area contributed by atoms with E-state index in [1.807, 2.05) is 0 Å². The number of hydrogen-bond acceptors (Lipinski definition) is 3. The molecule has 2 aromatic heterocycles. The number of aromatic amines is 1. The maximum absolute atomic E-state index is 14.0. The minimum atomic E-state index is -0.402. The molecule has 0 saturated heterocycles. The van der Waals surface area contributed by atoms with E-state index < -0.39 is 5.82 Å². The first-order valence-electron chi connectivity index (χ1n) is 5.93. The second kappa shape index (κ2) is 4.68. The Labute approximate surface area is 123 Å². The normalized spacial score (nSPS) is 11.2. The van der Waals surface area contributed by atoms with Crippen LogP contribution in [-0.2, 0) is 0 Å². The molecule has 20 heavy (non-hydrogen) atoms. The zero-order valence-corrected chi connectivity index (χ0v) is 12.3. The molecular weight excluding hydrogens is 299 g/mol. The van der Waals surface area contributed by atoms with Crippen molar-refractivity contribution in [2.24, 2.45) is 0 Å². The quantitative estimate of drug-likeness (QED) is 0.737. The summed E-state index contributed by atoms with van der Waals surface area (Å²) < 4.78 is 14.0. The van der Waals surface area contributed by atoms with Crippen molar-refractivity contribution in [3.05, 3.63) is 50.8 Å². The summed E-state index contributed by atoms with van der Waals surface area (Å²) in [5.41, 5.74) is 0.980. The fourth-order valence-electron chi connectivity index (χ4n) is 2.18. The van der Waals surface area contributed by atoms with Crippen molar-refractivity contribution in [1.82, 2.24) is 9.97 Å². The van der Waals surface area contributed by atoms with Crippen LogP contribution in [0.2, 0.25) is 5.02 Å². The number of fused-ring (bicyclic) bond motifs is 1. The van der Waals surface area contributed by atoms with E-state index in [1.165, 1.54) is 17.4 Å². The summed E-state index contributed by atoms with van der Waals surface area (Å²) in [7, 11) is 0. The smallest absolute Gasteiger partial charge is 0.259 e. The van der Waals surface area contributed by atoms with Gasteiger partial charge in [0.15, 0.2) is 0 Å². The van der Waals surface area contributed by atoms with Gasteiger partial charge in [0.2, 0.25) is 0 Å². The number of halogens is 2. The van der Waals surface area contributed by atoms with Gasteiger partial charge in [-0.05, 0) is 37.6 Å². The van der Waals surface area contributed by atoms with Crippen molar-refractivity contribution < 1.29 is 4.39 Å². The van der Waals surface area contributed by atoms with Crippen molar-refractivity contribution >= 4 is 33.2 Å². The summed E-state index contributed by atoms with van der Waals surface area (Å²) in [5.74, 6) is 0.146. The van der Waals surface area contributed by atoms with Crippen molar-refractivity contribution in [3.63, 3.8) is 0 Å². The summed E-state index contributed by atoms with van der Waals surface area (Å²) in [6.45, 7) is 3.52. The van der Waals surface area contributed by atoms with Crippen molar-refractivity contribution in [2.45, 2.75) is 13.8 Å². The van der Waals surface area contributed by atoms with Crippen LogP contribution >= 0.6 is 22.9 Å². The molecule has 0 atom stereocenters. The zero-order valence-electron chi connectivity index (χ0n) is 10.8. The Bertz CT molecular complexity index is 885. The van der Waals surface area contributed by atoms with Gasteiger partial charge in [0.25, 0.3) is 5.56 Å². The Balaban J connectivity index is 2.35. The van der Waals surface area contributed by atoms with E-state index in [4.69, 9.17) is 11.6 Å². The third kappa shape index (κ3) is 2.03. The lowest BCUT2D eigenvalue weighted by atomic mass is 10.1. The molecule has 0 radical (unpaired) electrons. The highest BCUT2D eigenvalue weighted by molar-refractivity contribution is 7.22. The van der Waals surface area contributed by atoms with Gasteiger partial charge in [-0.25, -0.2) is 9.37 Å². The molecule has 0 aliphatic rings. The molecule has 1 N–H and O–H groups in total. The van der Waals surface area contributed by atoms with Gasteiger partial charge in [0.1, 0.15) is 16.5 Å². The van der Waals surface area contributed by atoms with Crippen LogP contribution in [0.3, 0.4) is 0 Å². The molecule has 0 saturated carbocycles. The molecule has 3 rings (SSSR count). The van der Waals surface area contributed by atoms with Crippen molar-refractivity contribution in [2.75, 3.05) is 0 Å². The lowest BCUT2D eigenvalue weighted by molar-refractivity contribution is 0.631. The van der Waals surface area contributed by atoms with Gasteiger partial charge < -0.3 is 4.98 Å². The third-order valence-corrected chi connectivity index (χ3v) is 4.55. The van der Waals surface area contributed by atoms with Crippen molar-refractivity contribution in [1.29, 1.82) is 0 Å². The molecule has 3 nitrogen and oxygen atoms in total. The van der Waals surface area contributed by atoms with Crippen molar-refractivity contribution in [3.8, 4) is 10.4 Å². The highest BCUT2D eigenvalue weighted by Crippen LogP contribution is 2.37. The fourth-order valence-corrected chi connectivity index (χ4v) is 3.60. The maximum Gasteiger partial charge on any atom is 0.259 e. The van der Waals surface area contributed by atoms with Crippen LogP contribution in [0.4, 0.5) is 4.39 Å². The van der Waals surface area contributed by atoms with Gasteiger partial charge in [-0.3, -0.25) is 4.79 Å². The highest BCUT2D eigenvalue weighted by atomic mass is 35.5. The van der Waals surface area contributed by atoms with E-state index in [0.717, 1.165) is 5.56 Å². The number of rotatable bonds is 1. The number of thiophene rings is 1. The van der Waals surface area contributed by atoms with Crippen LogP contribution in [-0.4, -0.2) is 9.97 Å². The average Bonchev–Trinajstić information content (AvgIpc) is 2.66. The van der Waals surface area contributed by atoms with Gasteiger partial charge in [0, 0.05) is 15.5 Å². The van der Waals surface area contributed by atoms with Crippen LogP contribution < -0.4 is 5.56 Å². The summed E-state index contributed by atoms with van der Waals surface area (Å²) >= 11 is 7.08. The first kappa shape index (κ1) is 13.3. The minimum Gasteiger partial charge on any atom is -0.310 e. The lowest BCUT2D eigenvalue weighted by Crippen LogP contribution is -2.08. The molecule has 1 aromatic carbocycles. The van der Waals surface area contributed by atoms with Crippen LogP contribution in [0, 0.1) is 19.7 Å². The highest BCUT2D eigenvalue weighted by Gasteiger charge is 2.17. The summed E-state index contributed by atoms with van der Waals surface area (Å²) in [6, 6.07) is 4.52. The van der Waals surface area contributed by atoms with Gasteiger partial charge in [-0.1, -0.05) is 11.6 Å². The predicted molar refractivity (Wildman–Crippen MR) is 80.1 cm³/mol. The Kier molecular flexibility index (Phi) is 3.11. The number of benzene rings is 1. The minimum absolute atomic E-state index is 0.193. The van der Waals surface area contributed by atoms with Gasteiger partial charge >= 0.3 is 0 Å². The summed E-state index contributed by atoms with van der Waals surface area (Å²) in [4.78, 5) is 20.3. The first-order chi connectivity index (χ1) is 9.47. The Morgan fingerprint density at radius 1 is 1.35 bits per heavy atom. The van der Waals surface area contributed by atoms with E-state index >= 15 is 0 Å². The summed E-state index contributed by atoms with van der Waals surface area (Å²) in [5, 5.41) is 0.863. The molecule has 0 bridgehead atoms. The van der Waals surface area contributed by atoms with Crippen LogP contribution in [0.5, 0.6) is 0 Å². The molecule has 102 valence electrons. The van der Waals surface area contributed by atoms with E-state index in [-0.39, 0.29) is 5.56 Å². The second-order valence-electron chi connectivity index (χ2n) is 4.51. The molecule has 2 heterocycles. The molecule has 0 spiro atoms.